The van der Waals surface area contributed by atoms with Crippen molar-refractivity contribution in [3.63, 3.8) is 0 Å². The highest BCUT2D eigenvalue weighted by Crippen LogP contribution is 2.35. The van der Waals surface area contributed by atoms with Crippen LogP contribution in [0.15, 0.2) is 54.7 Å². The molecule has 0 bridgehead atoms. The molecule has 0 aliphatic carbocycles. The highest BCUT2D eigenvalue weighted by Gasteiger charge is 2.35. The van der Waals surface area contributed by atoms with E-state index in [9.17, 15) is 23.3 Å². The molecule has 162 valence electrons. The van der Waals surface area contributed by atoms with Gasteiger partial charge in [0, 0.05) is 29.7 Å². The quantitative estimate of drug-likeness (QED) is 0.347. The van der Waals surface area contributed by atoms with Crippen LogP contribution in [0.4, 0.5) is 42.0 Å². The monoisotopic (exact) mass is 431 g/mol. The van der Waals surface area contributed by atoms with Gasteiger partial charge in [-0.2, -0.15) is 18.2 Å². The molecule has 1 aromatic heterocycles. The molecule has 0 spiro atoms. The highest BCUT2D eigenvalue weighted by atomic mass is 19.4. The van der Waals surface area contributed by atoms with E-state index in [0.717, 1.165) is 12.0 Å². The Morgan fingerprint density at radius 3 is 2.39 bits per heavy atom. The molecule has 0 atom stereocenters. The Bertz CT molecular complexity index is 1070. The average Bonchev–Trinajstić information content (AvgIpc) is 2.67. The summed E-state index contributed by atoms with van der Waals surface area (Å²) >= 11 is 0. The van der Waals surface area contributed by atoms with Crippen molar-refractivity contribution < 1.29 is 18.1 Å². The van der Waals surface area contributed by atoms with E-state index in [1.54, 1.807) is 18.2 Å². The first-order chi connectivity index (χ1) is 14.6. The number of nitro groups is 1. The predicted octanol–water partition coefficient (Wildman–Crippen LogP) is 6.09. The number of nitro benzene ring substituents is 1. The first-order valence-electron chi connectivity index (χ1n) is 9.43. The van der Waals surface area contributed by atoms with Crippen LogP contribution in [-0.4, -0.2) is 14.9 Å². The van der Waals surface area contributed by atoms with Crippen LogP contribution in [-0.2, 0) is 12.6 Å². The zero-order chi connectivity index (χ0) is 22.6. The lowest BCUT2D eigenvalue weighted by molar-refractivity contribution is -0.384. The number of nitrogens with zero attached hydrogens (tertiary/aromatic N) is 3. The molecule has 3 aromatic rings. The van der Waals surface area contributed by atoms with Crippen molar-refractivity contribution in [2.75, 3.05) is 10.6 Å². The fourth-order valence-electron chi connectivity index (χ4n) is 2.92. The second-order valence-electron chi connectivity index (χ2n) is 7.31. The van der Waals surface area contributed by atoms with E-state index in [4.69, 9.17) is 0 Å². The van der Waals surface area contributed by atoms with E-state index in [1.807, 2.05) is 6.07 Å². The third-order valence-corrected chi connectivity index (χ3v) is 4.26. The van der Waals surface area contributed by atoms with Gasteiger partial charge in [0.2, 0.25) is 5.95 Å². The maximum atomic E-state index is 13.5. The summed E-state index contributed by atoms with van der Waals surface area (Å²) in [5.74, 6) is -0.0752. The molecule has 0 fully saturated rings. The molecule has 0 amide bonds. The molecule has 10 heteroatoms. The van der Waals surface area contributed by atoms with Crippen LogP contribution in [0.1, 0.15) is 25.0 Å². The van der Waals surface area contributed by atoms with Gasteiger partial charge in [-0.25, -0.2) is 4.98 Å². The average molecular weight is 431 g/mol. The van der Waals surface area contributed by atoms with Gasteiger partial charge in [-0.15, -0.1) is 0 Å². The minimum Gasteiger partial charge on any atom is -0.340 e. The van der Waals surface area contributed by atoms with Crippen LogP contribution in [0.5, 0.6) is 0 Å². The fraction of sp³-hybridized carbons (Fsp3) is 0.238. The Balaban J connectivity index is 1.89. The lowest BCUT2D eigenvalue weighted by Gasteiger charge is -2.15. The van der Waals surface area contributed by atoms with Crippen LogP contribution in [0, 0.1) is 16.0 Å². The highest BCUT2D eigenvalue weighted by molar-refractivity contribution is 5.63. The zero-order valence-electron chi connectivity index (χ0n) is 16.8. The molecular formula is C21H20F3N5O2. The summed E-state index contributed by atoms with van der Waals surface area (Å²) in [5, 5.41) is 16.3. The number of benzene rings is 2. The first kappa shape index (κ1) is 22.0. The number of rotatable bonds is 7. The Morgan fingerprint density at radius 1 is 1.06 bits per heavy atom. The molecule has 1 heterocycles. The molecular weight excluding hydrogens is 411 g/mol. The van der Waals surface area contributed by atoms with Crippen molar-refractivity contribution >= 4 is 28.8 Å². The summed E-state index contributed by atoms with van der Waals surface area (Å²) in [4.78, 5) is 17.9. The van der Waals surface area contributed by atoms with Crippen molar-refractivity contribution in [1.82, 2.24) is 9.97 Å². The third kappa shape index (κ3) is 5.91. The Morgan fingerprint density at radius 2 is 1.77 bits per heavy atom. The van der Waals surface area contributed by atoms with Crippen LogP contribution in [0.3, 0.4) is 0 Å². The molecule has 0 radical (unpaired) electrons. The third-order valence-electron chi connectivity index (χ3n) is 4.26. The second kappa shape index (κ2) is 8.99. The van der Waals surface area contributed by atoms with Crippen molar-refractivity contribution in [3.8, 4) is 0 Å². The van der Waals surface area contributed by atoms with Gasteiger partial charge in [0.15, 0.2) is 0 Å². The van der Waals surface area contributed by atoms with Gasteiger partial charge >= 0.3 is 6.18 Å². The predicted molar refractivity (Wildman–Crippen MR) is 112 cm³/mol. The minimum absolute atomic E-state index is 0.0808. The number of non-ortho nitro benzene ring substituents is 1. The van der Waals surface area contributed by atoms with Crippen molar-refractivity contribution in [3.05, 3.63) is 76.0 Å². The number of aromatic nitrogens is 2. The Kier molecular flexibility index (Phi) is 6.38. The molecule has 0 unspecified atom stereocenters. The summed E-state index contributed by atoms with van der Waals surface area (Å²) in [7, 11) is 0. The maximum Gasteiger partial charge on any atom is 0.421 e. The molecule has 0 aliphatic rings. The smallest absolute Gasteiger partial charge is 0.340 e. The summed E-state index contributed by atoms with van der Waals surface area (Å²) < 4.78 is 40.4. The van der Waals surface area contributed by atoms with Gasteiger partial charge in [-0.05, 0) is 42.2 Å². The van der Waals surface area contributed by atoms with Gasteiger partial charge < -0.3 is 10.6 Å². The molecule has 7 nitrogen and oxygen atoms in total. The van der Waals surface area contributed by atoms with E-state index in [2.05, 4.69) is 34.4 Å². The van der Waals surface area contributed by atoms with Crippen LogP contribution in [0.2, 0.25) is 0 Å². The summed E-state index contributed by atoms with van der Waals surface area (Å²) in [6.07, 6.45) is -3.16. The lowest BCUT2D eigenvalue weighted by Crippen LogP contribution is -2.12. The van der Waals surface area contributed by atoms with Crippen LogP contribution >= 0.6 is 0 Å². The van der Waals surface area contributed by atoms with Gasteiger partial charge in [0.05, 0.1) is 4.92 Å². The molecule has 0 saturated carbocycles. The van der Waals surface area contributed by atoms with Crippen LogP contribution in [0.25, 0.3) is 0 Å². The van der Waals surface area contributed by atoms with E-state index >= 15 is 0 Å². The number of alkyl halides is 3. The number of anilines is 4. The van der Waals surface area contributed by atoms with E-state index in [-0.39, 0.29) is 11.6 Å². The summed E-state index contributed by atoms with van der Waals surface area (Å²) in [5.41, 5.74) is 0.754. The van der Waals surface area contributed by atoms with Crippen molar-refractivity contribution in [2.45, 2.75) is 26.4 Å². The molecule has 3 rings (SSSR count). The number of hydrogen-bond donors (Lipinski definition) is 2. The number of hydrogen-bond acceptors (Lipinski definition) is 6. The summed E-state index contributed by atoms with van der Waals surface area (Å²) in [6.45, 7) is 4.12. The number of nitrogens with one attached hydrogen (secondary N) is 2. The lowest BCUT2D eigenvalue weighted by atomic mass is 10.0. The van der Waals surface area contributed by atoms with E-state index < -0.39 is 22.5 Å². The van der Waals surface area contributed by atoms with Crippen LogP contribution < -0.4 is 10.6 Å². The fourth-order valence-corrected chi connectivity index (χ4v) is 2.92. The van der Waals surface area contributed by atoms with Gasteiger partial charge in [0.1, 0.15) is 11.4 Å². The SMILES string of the molecule is CC(C)Cc1cccc(Nc2nc(Nc3ccc([N+](=O)[O-])cc3)ncc2C(F)(F)F)c1. The van der Waals surface area contributed by atoms with E-state index in [1.165, 1.54) is 24.3 Å². The topological polar surface area (TPSA) is 93.0 Å². The normalized spacial score (nSPS) is 11.4. The molecule has 2 aromatic carbocycles. The van der Waals surface area contributed by atoms with E-state index in [0.29, 0.717) is 23.5 Å². The molecule has 2 N–H and O–H groups in total. The standard InChI is InChI=1S/C21H20F3N5O2/c1-13(2)10-14-4-3-5-16(11-14)26-19-18(21(22,23)24)12-25-20(28-19)27-15-6-8-17(9-7-15)29(30)31/h3-9,11-13H,10H2,1-2H3,(H2,25,26,27,28). The largest absolute Gasteiger partial charge is 0.421 e. The molecule has 0 saturated heterocycles. The summed E-state index contributed by atoms with van der Waals surface area (Å²) in [6, 6.07) is 12.5. The second-order valence-corrected chi connectivity index (χ2v) is 7.31. The zero-order valence-corrected chi connectivity index (χ0v) is 16.8. The molecule has 0 aliphatic heterocycles. The maximum absolute atomic E-state index is 13.5. The van der Waals surface area contributed by atoms with Crippen molar-refractivity contribution in [1.29, 1.82) is 0 Å². The minimum atomic E-state index is -4.65. The van der Waals surface area contributed by atoms with Gasteiger partial charge in [-0.1, -0.05) is 26.0 Å². The first-order valence-corrected chi connectivity index (χ1v) is 9.43. The van der Waals surface area contributed by atoms with Gasteiger partial charge in [0.25, 0.3) is 5.69 Å². The Labute approximate surface area is 176 Å². The molecule has 31 heavy (non-hydrogen) atoms. The number of halogens is 3. The Hall–Kier alpha value is -3.69. The van der Waals surface area contributed by atoms with Crippen molar-refractivity contribution in [2.24, 2.45) is 5.92 Å². The van der Waals surface area contributed by atoms with Gasteiger partial charge in [-0.3, -0.25) is 10.1 Å².